The van der Waals surface area contributed by atoms with Crippen LogP contribution in [0.2, 0.25) is 0 Å². The number of methoxy groups -OCH3 is 1. The molecular weight excluding hydrogens is 490 g/mol. The van der Waals surface area contributed by atoms with E-state index in [0.29, 0.717) is 17.7 Å². The van der Waals surface area contributed by atoms with Crippen LogP contribution in [0.15, 0.2) is 42.5 Å². The zero-order valence-corrected chi connectivity index (χ0v) is 23.4. The molecule has 6 rings (SSSR count). The molecule has 0 aliphatic carbocycles. The predicted octanol–water partition coefficient (Wildman–Crippen LogP) is 3.67. The van der Waals surface area contributed by atoms with Gasteiger partial charge in [0.25, 0.3) is 11.8 Å². The SMILES string of the molecule is COC1C[C@H]2CCC[C@@H](C1)N2C(=O)c1ccc2c(c1)C(C)(C)CN(C[C@H](O)[C@@H]1Cc3ccccc3CN1)C2=O. The monoisotopic (exact) mass is 531 g/mol. The molecule has 0 aromatic heterocycles. The number of piperidine rings is 2. The molecule has 4 aliphatic rings. The second kappa shape index (κ2) is 10.3. The van der Waals surface area contributed by atoms with Crippen molar-refractivity contribution >= 4 is 11.8 Å². The second-order valence-corrected chi connectivity index (χ2v) is 12.6. The molecule has 7 nitrogen and oxygen atoms in total. The number of amides is 2. The predicted molar refractivity (Wildman–Crippen MR) is 150 cm³/mol. The Morgan fingerprint density at radius 1 is 1.13 bits per heavy atom. The van der Waals surface area contributed by atoms with Crippen LogP contribution >= 0.6 is 0 Å². The summed E-state index contributed by atoms with van der Waals surface area (Å²) < 4.78 is 5.66. The lowest BCUT2D eigenvalue weighted by molar-refractivity contribution is -0.0316. The maximum atomic E-state index is 13.8. The minimum Gasteiger partial charge on any atom is -0.390 e. The van der Waals surface area contributed by atoms with Crippen LogP contribution in [0.3, 0.4) is 0 Å². The van der Waals surface area contributed by atoms with E-state index in [1.807, 2.05) is 30.3 Å². The van der Waals surface area contributed by atoms with Gasteiger partial charge >= 0.3 is 0 Å². The smallest absolute Gasteiger partial charge is 0.254 e. The highest BCUT2D eigenvalue weighted by molar-refractivity contribution is 6.00. The third kappa shape index (κ3) is 4.90. The van der Waals surface area contributed by atoms with Gasteiger partial charge in [-0.3, -0.25) is 9.59 Å². The lowest BCUT2D eigenvalue weighted by Crippen LogP contribution is -2.56. The van der Waals surface area contributed by atoms with E-state index in [4.69, 9.17) is 4.74 Å². The molecule has 4 aliphatic heterocycles. The highest BCUT2D eigenvalue weighted by Gasteiger charge is 2.43. The van der Waals surface area contributed by atoms with E-state index < -0.39 is 6.10 Å². The first-order valence-electron chi connectivity index (χ1n) is 14.5. The molecule has 2 aromatic rings. The standard InChI is InChI=1S/C32H41N3O4/c1-32(2)19-34(18-29(36)28-14-20-7-4-5-8-22(20)17-33-28)31(38)26-12-11-21(13-27(26)32)30(37)35-23-9-6-10-24(35)16-25(15-23)39-3/h4-5,7-8,11-13,23-25,28-29,33,36H,6,9-10,14-19H2,1-3H3/t23-,24+,25?,28-,29-/m0/s1. The fraction of sp³-hybridized carbons (Fsp3) is 0.562. The summed E-state index contributed by atoms with van der Waals surface area (Å²) >= 11 is 0. The van der Waals surface area contributed by atoms with Crippen molar-refractivity contribution in [3.63, 3.8) is 0 Å². The van der Waals surface area contributed by atoms with Crippen molar-refractivity contribution in [1.29, 1.82) is 0 Å². The van der Waals surface area contributed by atoms with E-state index in [1.165, 1.54) is 11.1 Å². The second-order valence-electron chi connectivity index (χ2n) is 12.6. The molecule has 2 fully saturated rings. The van der Waals surface area contributed by atoms with Crippen molar-refractivity contribution in [3.8, 4) is 0 Å². The number of hydrogen-bond acceptors (Lipinski definition) is 5. The Morgan fingerprint density at radius 3 is 2.56 bits per heavy atom. The van der Waals surface area contributed by atoms with Gasteiger partial charge in [-0.15, -0.1) is 0 Å². The molecule has 2 bridgehead atoms. The zero-order chi connectivity index (χ0) is 27.3. The molecule has 0 spiro atoms. The molecule has 2 amide bonds. The lowest BCUT2D eigenvalue weighted by Gasteiger charge is -2.48. The first kappa shape index (κ1) is 26.5. The van der Waals surface area contributed by atoms with Crippen LogP contribution in [0.25, 0.3) is 0 Å². The average Bonchev–Trinajstić information content (AvgIpc) is 2.94. The van der Waals surface area contributed by atoms with E-state index in [-0.39, 0.29) is 48.0 Å². The Bertz CT molecular complexity index is 1250. The molecular formula is C32H41N3O4. The molecule has 2 N–H and O–H groups in total. The van der Waals surface area contributed by atoms with E-state index in [2.05, 4.69) is 36.2 Å². The van der Waals surface area contributed by atoms with Gasteiger partial charge in [0.2, 0.25) is 0 Å². The van der Waals surface area contributed by atoms with Gasteiger partial charge in [-0.1, -0.05) is 38.1 Å². The van der Waals surface area contributed by atoms with Crippen LogP contribution in [0.5, 0.6) is 0 Å². The number of fused-ring (bicyclic) bond motifs is 4. The Morgan fingerprint density at radius 2 is 1.85 bits per heavy atom. The van der Waals surface area contributed by atoms with Crippen LogP contribution in [0.4, 0.5) is 0 Å². The number of benzene rings is 2. The first-order valence-corrected chi connectivity index (χ1v) is 14.5. The highest BCUT2D eigenvalue weighted by Crippen LogP contribution is 2.38. The molecule has 7 heteroatoms. The Balaban J connectivity index is 1.19. The van der Waals surface area contributed by atoms with Crippen molar-refractivity contribution in [2.45, 2.75) is 94.7 Å². The van der Waals surface area contributed by atoms with Gasteiger partial charge in [0.05, 0.1) is 12.2 Å². The van der Waals surface area contributed by atoms with E-state index in [0.717, 1.165) is 50.6 Å². The van der Waals surface area contributed by atoms with E-state index >= 15 is 0 Å². The number of aliphatic hydroxyl groups is 1. The maximum absolute atomic E-state index is 13.8. The van der Waals surface area contributed by atoms with Crippen LogP contribution in [-0.2, 0) is 23.1 Å². The van der Waals surface area contributed by atoms with Crippen molar-refractivity contribution in [2.75, 3.05) is 20.2 Å². The molecule has 208 valence electrons. The number of rotatable bonds is 5. The summed E-state index contributed by atoms with van der Waals surface area (Å²) in [7, 11) is 1.77. The maximum Gasteiger partial charge on any atom is 0.254 e. The number of nitrogens with zero attached hydrogens (tertiary/aromatic N) is 2. The Hall–Kier alpha value is -2.74. The zero-order valence-electron chi connectivity index (χ0n) is 23.4. The average molecular weight is 532 g/mol. The molecule has 2 aromatic carbocycles. The van der Waals surface area contributed by atoms with Crippen molar-refractivity contribution in [1.82, 2.24) is 15.1 Å². The third-order valence-corrected chi connectivity index (χ3v) is 9.58. The minimum absolute atomic E-state index is 0.0728. The van der Waals surface area contributed by atoms with Gasteiger partial charge in [0, 0.05) is 61.4 Å². The van der Waals surface area contributed by atoms with Gasteiger partial charge in [0.1, 0.15) is 0 Å². The topological polar surface area (TPSA) is 82.1 Å². The van der Waals surface area contributed by atoms with E-state index in [1.54, 1.807) is 12.0 Å². The lowest BCUT2D eigenvalue weighted by atomic mass is 9.76. The highest BCUT2D eigenvalue weighted by atomic mass is 16.5. The third-order valence-electron chi connectivity index (χ3n) is 9.58. The van der Waals surface area contributed by atoms with Crippen molar-refractivity contribution < 1.29 is 19.4 Å². The van der Waals surface area contributed by atoms with Gasteiger partial charge < -0.3 is 25.0 Å². The summed E-state index contributed by atoms with van der Waals surface area (Å²) in [4.78, 5) is 31.3. The van der Waals surface area contributed by atoms with Gasteiger partial charge in [0.15, 0.2) is 0 Å². The summed E-state index contributed by atoms with van der Waals surface area (Å²) in [6.07, 6.45) is 5.30. The number of carbonyl (C=O) groups is 2. The molecule has 0 saturated carbocycles. The molecule has 1 unspecified atom stereocenters. The number of carbonyl (C=O) groups excluding carboxylic acids is 2. The Kier molecular flexibility index (Phi) is 7.02. The van der Waals surface area contributed by atoms with E-state index in [9.17, 15) is 14.7 Å². The van der Waals surface area contributed by atoms with Gasteiger partial charge in [-0.2, -0.15) is 0 Å². The normalized spacial score (nSPS) is 28.5. The number of hydrogen-bond donors (Lipinski definition) is 2. The largest absolute Gasteiger partial charge is 0.390 e. The molecule has 39 heavy (non-hydrogen) atoms. The molecule has 4 heterocycles. The summed E-state index contributed by atoms with van der Waals surface area (Å²) in [5.74, 6) is 0.00294. The van der Waals surface area contributed by atoms with Crippen LogP contribution in [-0.4, -0.2) is 77.3 Å². The van der Waals surface area contributed by atoms with Crippen molar-refractivity contribution in [3.05, 3.63) is 70.3 Å². The molecule has 5 atom stereocenters. The minimum atomic E-state index is -0.671. The van der Waals surface area contributed by atoms with Crippen LogP contribution < -0.4 is 5.32 Å². The molecule has 0 radical (unpaired) electrons. The number of aliphatic hydroxyl groups excluding tert-OH is 1. The fourth-order valence-electron chi connectivity index (χ4n) is 7.48. The summed E-state index contributed by atoms with van der Waals surface area (Å²) in [6, 6.07) is 14.3. The summed E-state index contributed by atoms with van der Waals surface area (Å²) in [6.45, 7) is 5.75. The fourth-order valence-corrected chi connectivity index (χ4v) is 7.48. The number of ether oxygens (including phenoxy) is 1. The Labute approximate surface area is 231 Å². The first-order chi connectivity index (χ1) is 18.7. The molecule has 2 saturated heterocycles. The van der Waals surface area contributed by atoms with Gasteiger partial charge in [-0.25, -0.2) is 0 Å². The summed E-state index contributed by atoms with van der Waals surface area (Å²) in [5, 5.41) is 14.6. The summed E-state index contributed by atoms with van der Waals surface area (Å²) in [5.41, 5.74) is 4.40. The van der Waals surface area contributed by atoms with Gasteiger partial charge in [-0.05, 0) is 73.4 Å². The number of nitrogens with one attached hydrogen (secondary N) is 1. The van der Waals surface area contributed by atoms with Crippen LogP contribution in [0.1, 0.15) is 83.4 Å². The van der Waals surface area contributed by atoms with Crippen LogP contribution in [0, 0.1) is 0 Å². The number of β-amino-alcohol motifs (C(OH)–C–C–N with tert-alkyl or cyclic N) is 1. The quantitative estimate of drug-likeness (QED) is 0.616. The van der Waals surface area contributed by atoms with Crippen molar-refractivity contribution in [2.24, 2.45) is 0 Å².